The predicted octanol–water partition coefficient (Wildman–Crippen LogP) is 3.03. The molecule has 0 aliphatic rings. The lowest BCUT2D eigenvalue weighted by molar-refractivity contribution is 0.0954. The number of nitrogens with one attached hydrogen (secondary N) is 1. The molecule has 6 nitrogen and oxygen atoms in total. The molecule has 25 heavy (non-hydrogen) atoms. The number of ether oxygens (including phenoxy) is 3. The number of carbonyl (C=O) groups excluding carboxylic acids is 1. The second-order valence-corrected chi connectivity index (χ2v) is 4.91. The van der Waals surface area contributed by atoms with E-state index in [2.05, 4.69) is 17.1 Å². The van der Waals surface area contributed by atoms with Gasteiger partial charge in [0.2, 0.25) is 0 Å². The molecule has 2 aromatic carbocycles. The van der Waals surface area contributed by atoms with Crippen LogP contribution < -0.4 is 19.6 Å². The minimum Gasteiger partial charge on any atom is -0.493 e. The molecule has 0 atom stereocenters. The summed E-state index contributed by atoms with van der Waals surface area (Å²) in [6.07, 6.45) is 3.18. The largest absolute Gasteiger partial charge is 0.493 e. The Morgan fingerprint density at radius 2 is 1.88 bits per heavy atom. The van der Waals surface area contributed by atoms with Crippen LogP contribution in [0.2, 0.25) is 0 Å². The summed E-state index contributed by atoms with van der Waals surface area (Å²) in [4.78, 5) is 12.2. The molecule has 0 aliphatic heterocycles. The van der Waals surface area contributed by atoms with Gasteiger partial charge in [-0.1, -0.05) is 24.8 Å². The van der Waals surface area contributed by atoms with E-state index in [-0.39, 0.29) is 5.91 Å². The topological polar surface area (TPSA) is 69.2 Å². The van der Waals surface area contributed by atoms with Crippen LogP contribution in [0.15, 0.2) is 60.2 Å². The number of benzene rings is 2. The number of methoxy groups -OCH3 is 2. The van der Waals surface area contributed by atoms with Crippen LogP contribution in [0.5, 0.6) is 17.2 Å². The first kappa shape index (κ1) is 18.1. The van der Waals surface area contributed by atoms with Crippen molar-refractivity contribution in [3.63, 3.8) is 0 Å². The van der Waals surface area contributed by atoms with Crippen LogP contribution in [0.4, 0.5) is 0 Å². The number of para-hydroxylation sites is 1. The molecule has 0 aliphatic carbocycles. The molecule has 0 unspecified atom stereocenters. The second-order valence-electron chi connectivity index (χ2n) is 4.91. The Kier molecular flexibility index (Phi) is 6.59. The molecule has 6 heteroatoms. The van der Waals surface area contributed by atoms with Gasteiger partial charge in [0, 0.05) is 11.1 Å². The van der Waals surface area contributed by atoms with Crippen LogP contribution in [-0.4, -0.2) is 32.9 Å². The number of carbonyl (C=O) groups is 1. The molecule has 0 spiro atoms. The molecule has 130 valence electrons. The van der Waals surface area contributed by atoms with Gasteiger partial charge in [-0.25, -0.2) is 5.43 Å². The maximum atomic E-state index is 12.2. The van der Waals surface area contributed by atoms with Gasteiger partial charge in [0.25, 0.3) is 5.91 Å². The van der Waals surface area contributed by atoms with Crippen LogP contribution in [0.3, 0.4) is 0 Å². The van der Waals surface area contributed by atoms with E-state index in [1.165, 1.54) is 20.4 Å². The van der Waals surface area contributed by atoms with Gasteiger partial charge in [0.1, 0.15) is 12.4 Å². The van der Waals surface area contributed by atoms with E-state index < -0.39 is 0 Å². The third-order valence-electron chi connectivity index (χ3n) is 3.29. The molecule has 1 amide bonds. The highest BCUT2D eigenvalue weighted by Crippen LogP contribution is 2.27. The molecule has 1 N–H and O–H groups in total. The quantitative estimate of drug-likeness (QED) is 0.456. The number of hydrogen-bond acceptors (Lipinski definition) is 5. The summed E-state index contributed by atoms with van der Waals surface area (Å²) in [5.74, 6) is 1.33. The van der Waals surface area contributed by atoms with Crippen molar-refractivity contribution in [3.8, 4) is 17.2 Å². The average Bonchev–Trinajstić information content (AvgIpc) is 2.66. The molecule has 0 saturated heterocycles. The zero-order chi connectivity index (χ0) is 18.1. The lowest BCUT2D eigenvalue weighted by Gasteiger charge is -2.09. The predicted molar refractivity (Wildman–Crippen MR) is 96.7 cm³/mol. The van der Waals surface area contributed by atoms with Gasteiger partial charge in [0.05, 0.1) is 20.4 Å². The number of nitrogens with zero attached hydrogens (tertiary/aromatic N) is 1. The van der Waals surface area contributed by atoms with Crippen molar-refractivity contribution in [2.75, 3.05) is 20.8 Å². The van der Waals surface area contributed by atoms with Gasteiger partial charge in [-0.15, -0.1) is 0 Å². The normalized spacial score (nSPS) is 10.3. The first-order valence-electron chi connectivity index (χ1n) is 7.57. The Bertz CT molecular complexity index is 772. The standard InChI is InChI=1S/C19H20N2O4/c1-4-11-25-16-8-6-5-7-15(16)13-20-21-19(22)14-9-10-17(23-2)18(12-14)24-3/h4-10,12-13H,1,11H2,2-3H3,(H,21,22). The average molecular weight is 340 g/mol. The van der Waals surface area contributed by atoms with Gasteiger partial charge in [-0.3, -0.25) is 4.79 Å². The van der Waals surface area contributed by atoms with Crippen molar-refractivity contribution < 1.29 is 19.0 Å². The fourth-order valence-corrected chi connectivity index (χ4v) is 2.07. The summed E-state index contributed by atoms with van der Waals surface area (Å²) in [7, 11) is 3.05. The highest BCUT2D eigenvalue weighted by atomic mass is 16.5. The van der Waals surface area contributed by atoms with Crippen molar-refractivity contribution in [2.45, 2.75) is 0 Å². The summed E-state index contributed by atoms with van der Waals surface area (Å²) in [5.41, 5.74) is 3.63. The molecular weight excluding hydrogens is 320 g/mol. The fourth-order valence-electron chi connectivity index (χ4n) is 2.07. The number of amides is 1. The van der Waals surface area contributed by atoms with E-state index in [1.807, 2.05) is 24.3 Å². The minimum atomic E-state index is -0.360. The zero-order valence-corrected chi connectivity index (χ0v) is 14.2. The Balaban J connectivity index is 2.07. The lowest BCUT2D eigenvalue weighted by atomic mass is 10.2. The molecule has 0 fully saturated rings. The summed E-state index contributed by atoms with van der Waals surface area (Å²) < 4.78 is 15.9. The van der Waals surface area contributed by atoms with Crippen LogP contribution in [-0.2, 0) is 0 Å². The van der Waals surface area contributed by atoms with Gasteiger partial charge in [-0.2, -0.15) is 5.10 Å². The summed E-state index contributed by atoms with van der Waals surface area (Å²) in [6, 6.07) is 12.3. The smallest absolute Gasteiger partial charge is 0.271 e. The summed E-state index contributed by atoms with van der Waals surface area (Å²) in [5, 5.41) is 3.98. The molecule has 0 saturated carbocycles. The first-order valence-corrected chi connectivity index (χ1v) is 7.57. The lowest BCUT2D eigenvalue weighted by Crippen LogP contribution is -2.17. The number of hydrogen-bond donors (Lipinski definition) is 1. The highest BCUT2D eigenvalue weighted by molar-refractivity contribution is 5.95. The molecule has 0 radical (unpaired) electrons. The minimum absolute atomic E-state index is 0.360. The third kappa shape index (κ3) is 4.84. The van der Waals surface area contributed by atoms with Crippen molar-refractivity contribution in [1.29, 1.82) is 0 Å². The number of rotatable bonds is 8. The van der Waals surface area contributed by atoms with E-state index in [0.29, 0.717) is 29.4 Å². The SMILES string of the molecule is C=CCOc1ccccc1C=NNC(=O)c1ccc(OC)c(OC)c1. The molecule has 0 heterocycles. The Hall–Kier alpha value is -3.28. The Labute approximate surface area is 146 Å². The van der Waals surface area contributed by atoms with E-state index in [1.54, 1.807) is 24.3 Å². The molecular formula is C19H20N2O4. The van der Waals surface area contributed by atoms with Gasteiger partial charge >= 0.3 is 0 Å². The molecule has 0 aromatic heterocycles. The summed E-state index contributed by atoms with van der Waals surface area (Å²) in [6.45, 7) is 4.01. The fraction of sp³-hybridized carbons (Fsp3) is 0.158. The number of hydrazone groups is 1. The van der Waals surface area contributed by atoms with Crippen LogP contribution >= 0.6 is 0 Å². The monoisotopic (exact) mass is 340 g/mol. The van der Waals surface area contributed by atoms with Crippen molar-refractivity contribution in [1.82, 2.24) is 5.43 Å². The third-order valence-corrected chi connectivity index (χ3v) is 3.29. The van der Waals surface area contributed by atoms with E-state index in [0.717, 1.165) is 5.56 Å². The maximum absolute atomic E-state index is 12.2. The highest BCUT2D eigenvalue weighted by Gasteiger charge is 2.10. The van der Waals surface area contributed by atoms with E-state index in [4.69, 9.17) is 14.2 Å². The maximum Gasteiger partial charge on any atom is 0.271 e. The van der Waals surface area contributed by atoms with Crippen LogP contribution in [0.1, 0.15) is 15.9 Å². The molecule has 0 bridgehead atoms. The van der Waals surface area contributed by atoms with Crippen LogP contribution in [0, 0.1) is 0 Å². The van der Waals surface area contributed by atoms with E-state index >= 15 is 0 Å². The van der Waals surface area contributed by atoms with Crippen molar-refractivity contribution in [3.05, 3.63) is 66.2 Å². The van der Waals surface area contributed by atoms with Gasteiger partial charge < -0.3 is 14.2 Å². The van der Waals surface area contributed by atoms with Crippen molar-refractivity contribution in [2.24, 2.45) is 5.10 Å². The first-order chi connectivity index (χ1) is 12.2. The Morgan fingerprint density at radius 3 is 2.60 bits per heavy atom. The zero-order valence-electron chi connectivity index (χ0n) is 14.2. The summed E-state index contributed by atoms with van der Waals surface area (Å²) >= 11 is 0. The second kappa shape index (κ2) is 9.12. The van der Waals surface area contributed by atoms with Gasteiger partial charge in [0.15, 0.2) is 11.5 Å². The van der Waals surface area contributed by atoms with Crippen LogP contribution in [0.25, 0.3) is 0 Å². The molecule has 2 rings (SSSR count). The Morgan fingerprint density at radius 1 is 1.12 bits per heavy atom. The van der Waals surface area contributed by atoms with Crippen molar-refractivity contribution >= 4 is 12.1 Å². The van der Waals surface area contributed by atoms with Gasteiger partial charge in [-0.05, 0) is 30.3 Å². The molecule has 2 aromatic rings. The van der Waals surface area contributed by atoms with E-state index in [9.17, 15) is 4.79 Å².